The first kappa shape index (κ1) is 9.17. The van der Waals surface area contributed by atoms with Gasteiger partial charge in [-0.1, -0.05) is 6.42 Å². The summed E-state index contributed by atoms with van der Waals surface area (Å²) in [4.78, 5) is 2.70. The number of rotatable bonds is 3. The number of nitrogens with two attached hydrogens (primary N) is 1. The van der Waals surface area contributed by atoms with E-state index in [0.717, 1.165) is 18.4 Å². The number of fused-ring (bicyclic) bond motifs is 1. The molecule has 3 fully saturated rings. The van der Waals surface area contributed by atoms with Crippen LogP contribution in [-0.4, -0.2) is 31.1 Å². The highest BCUT2D eigenvalue weighted by molar-refractivity contribution is 5.01. The maximum absolute atomic E-state index is 5.99. The van der Waals surface area contributed by atoms with E-state index in [2.05, 4.69) is 4.90 Å². The smallest absolute Gasteiger partial charge is 0.00534 e. The zero-order chi connectivity index (χ0) is 9.60. The van der Waals surface area contributed by atoms with Crippen molar-refractivity contribution in [2.24, 2.45) is 23.0 Å². The molecule has 0 radical (unpaired) electrons. The Morgan fingerprint density at radius 2 is 2.14 bits per heavy atom. The number of nitrogens with zero attached hydrogens (tertiary/aromatic N) is 1. The molecule has 80 valence electrons. The lowest BCUT2D eigenvalue weighted by atomic mass is 9.81. The van der Waals surface area contributed by atoms with E-state index >= 15 is 0 Å². The monoisotopic (exact) mass is 194 g/mol. The van der Waals surface area contributed by atoms with Gasteiger partial charge >= 0.3 is 0 Å². The highest BCUT2D eigenvalue weighted by Crippen LogP contribution is 2.48. The Hall–Kier alpha value is -0.0800. The van der Waals surface area contributed by atoms with Gasteiger partial charge in [-0.25, -0.2) is 0 Å². The van der Waals surface area contributed by atoms with Gasteiger partial charge in [0.05, 0.1) is 0 Å². The van der Waals surface area contributed by atoms with Gasteiger partial charge in [0.15, 0.2) is 0 Å². The van der Waals surface area contributed by atoms with E-state index < -0.39 is 0 Å². The molecule has 1 saturated heterocycles. The van der Waals surface area contributed by atoms with E-state index in [1.165, 1.54) is 51.7 Å². The topological polar surface area (TPSA) is 29.3 Å². The molecule has 2 saturated carbocycles. The summed E-state index contributed by atoms with van der Waals surface area (Å²) in [7, 11) is 0. The van der Waals surface area contributed by atoms with Crippen LogP contribution in [0.1, 0.15) is 32.1 Å². The molecule has 3 aliphatic rings. The molecule has 0 amide bonds. The molecular weight excluding hydrogens is 172 g/mol. The van der Waals surface area contributed by atoms with Gasteiger partial charge in [-0.2, -0.15) is 0 Å². The van der Waals surface area contributed by atoms with Crippen molar-refractivity contribution in [1.29, 1.82) is 0 Å². The zero-order valence-electron chi connectivity index (χ0n) is 9.04. The highest BCUT2D eigenvalue weighted by Gasteiger charge is 2.48. The fraction of sp³-hybridized carbons (Fsp3) is 1.00. The van der Waals surface area contributed by atoms with Gasteiger partial charge in [0.25, 0.3) is 0 Å². The Kier molecular flexibility index (Phi) is 2.10. The van der Waals surface area contributed by atoms with Crippen molar-refractivity contribution >= 4 is 0 Å². The fourth-order valence-corrected chi connectivity index (χ4v) is 3.66. The van der Waals surface area contributed by atoms with Crippen molar-refractivity contribution in [3.63, 3.8) is 0 Å². The summed E-state index contributed by atoms with van der Waals surface area (Å²) >= 11 is 0. The van der Waals surface area contributed by atoms with Crippen LogP contribution < -0.4 is 5.73 Å². The summed E-state index contributed by atoms with van der Waals surface area (Å²) < 4.78 is 0. The fourth-order valence-electron chi connectivity index (χ4n) is 3.66. The van der Waals surface area contributed by atoms with Gasteiger partial charge in [0.1, 0.15) is 0 Å². The molecule has 2 heteroatoms. The second-order valence-corrected chi connectivity index (χ2v) is 5.79. The largest absolute Gasteiger partial charge is 0.330 e. The molecule has 2 N–H and O–H groups in total. The van der Waals surface area contributed by atoms with Gasteiger partial charge in [0.2, 0.25) is 0 Å². The summed E-state index contributed by atoms with van der Waals surface area (Å²) in [6.07, 6.45) is 7.24. The van der Waals surface area contributed by atoms with Crippen LogP contribution in [0.4, 0.5) is 0 Å². The Balaban J connectivity index is 1.65. The number of likely N-dealkylation sites (tertiary alicyclic amines) is 1. The minimum atomic E-state index is 0.537. The SMILES string of the molecule is NCC12CCCC1CN(CC1CC1)C2. The van der Waals surface area contributed by atoms with Crippen molar-refractivity contribution in [3.05, 3.63) is 0 Å². The second kappa shape index (κ2) is 3.21. The summed E-state index contributed by atoms with van der Waals surface area (Å²) in [5, 5.41) is 0. The van der Waals surface area contributed by atoms with Crippen LogP contribution in [0.25, 0.3) is 0 Å². The summed E-state index contributed by atoms with van der Waals surface area (Å²) in [5.41, 5.74) is 6.53. The standard InChI is InChI=1S/C12H22N2/c13-8-12-5-1-2-11(12)7-14(9-12)6-10-3-4-10/h10-11H,1-9,13H2. The van der Waals surface area contributed by atoms with Gasteiger partial charge in [-0.05, 0) is 49.5 Å². The van der Waals surface area contributed by atoms with E-state index in [4.69, 9.17) is 5.73 Å². The summed E-state index contributed by atoms with van der Waals surface area (Å²) in [6.45, 7) is 4.97. The van der Waals surface area contributed by atoms with E-state index in [-0.39, 0.29) is 0 Å². The minimum absolute atomic E-state index is 0.537. The summed E-state index contributed by atoms with van der Waals surface area (Å²) in [5.74, 6) is 1.98. The van der Waals surface area contributed by atoms with Gasteiger partial charge < -0.3 is 10.6 Å². The first-order valence-corrected chi connectivity index (χ1v) is 6.25. The lowest BCUT2D eigenvalue weighted by Crippen LogP contribution is -2.35. The summed E-state index contributed by atoms with van der Waals surface area (Å²) in [6, 6.07) is 0. The second-order valence-electron chi connectivity index (χ2n) is 5.79. The van der Waals surface area contributed by atoms with Crippen LogP contribution in [0, 0.1) is 17.3 Å². The quantitative estimate of drug-likeness (QED) is 0.737. The number of hydrogen-bond donors (Lipinski definition) is 1. The molecular formula is C12H22N2. The predicted molar refractivity (Wildman–Crippen MR) is 58.0 cm³/mol. The first-order chi connectivity index (χ1) is 6.82. The van der Waals surface area contributed by atoms with Crippen LogP contribution in [0.15, 0.2) is 0 Å². The Morgan fingerprint density at radius 3 is 2.79 bits per heavy atom. The molecule has 2 nitrogen and oxygen atoms in total. The van der Waals surface area contributed by atoms with Crippen molar-refractivity contribution < 1.29 is 0 Å². The Bertz CT molecular complexity index is 224. The minimum Gasteiger partial charge on any atom is -0.330 e. The van der Waals surface area contributed by atoms with Gasteiger partial charge in [-0.3, -0.25) is 0 Å². The van der Waals surface area contributed by atoms with Crippen molar-refractivity contribution in [1.82, 2.24) is 4.90 Å². The molecule has 1 heterocycles. The average Bonchev–Trinajstić information content (AvgIpc) is 2.76. The molecule has 0 bridgehead atoms. The van der Waals surface area contributed by atoms with Crippen molar-refractivity contribution in [3.8, 4) is 0 Å². The molecule has 0 aromatic rings. The molecule has 0 aromatic heterocycles. The van der Waals surface area contributed by atoms with E-state index in [1.807, 2.05) is 0 Å². The Morgan fingerprint density at radius 1 is 1.29 bits per heavy atom. The molecule has 2 unspecified atom stereocenters. The lowest BCUT2D eigenvalue weighted by Gasteiger charge is -2.27. The first-order valence-electron chi connectivity index (χ1n) is 6.25. The molecule has 0 aromatic carbocycles. The third-order valence-corrected chi connectivity index (χ3v) is 4.73. The molecule has 2 aliphatic carbocycles. The molecule has 0 spiro atoms. The number of hydrogen-bond acceptors (Lipinski definition) is 2. The van der Waals surface area contributed by atoms with Crippen LogP contribution in [0.3, 0.4) is 0 Å². The van der Waals surface area contributed by atoms with Crippen LogP contribution in [-0.2, 0) is 0 Å². The van der Waals surface area contributed by atoms with E-state index in [0.29, 0.717) is 5.41 Å². The maximum atomic E-state index is 5.99. The predicted octanol–water partition coefficient (Wildman–Crippen LogP) is 1.46. The van der Waals surface area contributed by atoms with Crippen LogP contribution in [0.2, 0.25) is 0 Å². The molecule has 14 heavy (non-hydrogen) atoms. The third kappa shape index (κ3) is 1.40. The molecule has 1 aliphatic heterocycles. The average molecular weight is 194 g/mol. The van der Waals surface area contributed by atoms with E-state index in [1.54, 1.807) is 0 Å². The van der Waals surface area contributed by atoms with Gasteiger partial charge in [0, 0.05) is 19.6 Å². The Labute approximate surface area is 86.8 Å². The zero-order valence-corrected chi connectivity index (χ0v) is 9.04. The highest BCUT2D eigenvalue weighted by atomic mass is 15.2. The van der Waals surface area contributed by atoms with E-state index in [9.17, 15) is 0 Å². The van der Waals surface area contributed by atoms with Crippen molar-refractivity contribution in [2.45, 2.75) is 32.1 Å². The maximum Gasteiger partial charge on any atom is 0.00534 e. The third-order valence-electron chi connectivity index (χ3n) is 4.73. The normalized spacial score (nSPS) is 43.1. The molecule has 2 atom stereocenters. The lowest BCUT2D eigenvalue weighted by molar-refractivity contribution is 0.245. The van der Waals surface area contributed by atoms with Crippen LogP contribution in [0.5, 0.6) is 0 Å². The van der Waals surface area contributed by atoms with Crippen LogP contribution >= 0.6 is 0 Å². The van der Waals surface area contributed by atoms with Crippen molar-refractivity contribution in [2.75, 3.05) is 26.2 Å². The molecule has 3 rings (SSSR count). The van der Waals surface area contributed by atoms with Gasteiger partial charge in [-0.15, -0.1) is 0 Å².